The van der Waals surface area contributed by atoms with Gasteiger partial charge in [-0.05, 0) is 86.3 Å². The molecule has 3 aliphatic carbocycles. The zero-order valence-corrected chi connectivity index (χ0v) is 21.2. The second-order valence-electron chi connectivity index (χ2n) is 11.7. The van der Waals surface area contributed by atoms with Crippen molar-refractivity contribution in [1.82, 2.24) is 4.90 Å². The molecule has 0 aromatic heterocycles. The van der Waals surface area contributed by atoms with Crippen LogP contribution in [0.5, 0.6) is 0 Å². The first-order valence-electron chi connectivity index (χ1n) is 14.1. The summed E-state index contributed by atoms with van der Waals surface area (Å²) >= 11 is 0. The van der Waals surface area contributed by atoms with Gasteiger partial charge >= 0.3 is 6.18 Å². The van der Waals surface area contributed by atoms with Crippen molar-refractivity contribution in [3.05, 3.63) is 47.7 Å². The number of aliphatic hydroxyl groups excluding tert-OH is 1. The molecule has 5 heteroatoms. The Hall–Kier alpha value is -1.49. The van der Waals surface area contributed by atoms with E-state index in [4.69, 9.17) is 0 Å². The van der Waals surface area contributed by atoms with Crippen molar-refractivity contribution in [2.45, 2.75) is 108 Å². The maximum atomic E-state index is 13.2. The number of hydrogen-bond acceptors (Lipinski definition) is 2. The molecule has 196 valence electrons. The number of nitrogens with zero attached hydrogens (tertiary/aromatic N) is 1. The Morgan fingerprint density at radius 3 is 1.83 bits per heavy atom. The van der Waals surface area contributed by atoms with E-state index in [1.54, 1.807) is 12.1 Å². The zero-order valence-electron chi connectivity index (χ0n) is 21.2. The Morgan fingerprint density at radius 1 is 0.800 bits per heavy atom. The van der Waals surface area contributed by atoms with E-state index >= 15 is 0 Å². The average molecular weight is 492 g/mol. The maximum absolute atomic E-state index is 13.2. The van der Waals surface area contributed by atoms with Crippen LogP contribution in [0.2, 0.25) is 0 Å². The van der Waals surface area contributed by atoms with Gasteiger partial charge in [0.05, 0.1) is 11.3 Å². The molecule has 3 atom stereocenters. The van der Waals surface area contributed by atoms with Crippen LogP contribution in [0.15, 0.2) is 36.6 Å². The highest BCUT2D eigenvalue weighted by Gasteiger charge is 2.38. The molecule has 2 nitrogen and oxygen atoms in total. The van der Waals surface area contributed by atoms with Gasteiger partial charge in [-0.1, -0.05) is 57.2 Å². The van der Waals surface area contributed by atoms with E-state index in [-0.39, 0.29) is 11.7 Å². The van der Waals surface area contributed by atoms with Gasteiger partial charge in [-0.2, -0.15) is 13.2 Å². The van der Waals surface area contributed by atoms with Gasteiger partial charge in [0, 0.05) is 25.6 Å². The van der Waals surface area contributed by atoms with E-state index in [9.17, 15) is 18.3 Å². The molecule has 1 N–H and O–H groups in total. The third-order valence-corrected chi connectivity index (χ3v) is 9.02. The summed E-state index contributed by atoms with van der Waals surface area (Å²) in [5, 5.41) is 9.87. The van der Waals surface area contributed by atoms with Gasteiger partial charge in [-0.3, -0.25) is 4.90 Å². The fourth-order valence-corrected chi connectivity index (χ4v) is 7.22. The second-order valence-corrected chi connectivity index (χ2v) is 11.7. The third-order valence-electron chi connectivity index (χ3n) is 9.02. The van der Waals surface area contributed by atoms with Gasteiger partial charge < -0.3 is 5.11 Å². The lowest BCUT2D eigenvalue weighted by atomic mass is 9.72. The lowest BCUT2D eigenvalue weighted by Crippen LogP contribution is -2.47. The lowest BCUT2D eigenvalue weighted by molar-refractivity contribution is -0.137. The first-order chi connectivity index (χ1) is 16.8. The summed E-state index contributed by atoms with van der Waals surface area (Å²) in [6.07, 6.45) is 12.5. The predicted molar refractivity (Wildman–Crippen MR) is 136 cm³/mol. The fraction of sp³-hybridized carbons (Fsp3) is 0.733. The molecule has 0 radical (unpaired) electrons. The predicted octanol–water partition coefficient (Wildman–Crippen LogP) is 8.88. The first-order valence-corrected chi connectivity index (χ1v) is 14.1. The second kappa shape index (κ2) is 12.2. The molecule has 0 amide bonds. The average Bonchev–Trinajstić information content (AvgIpc) is 2.84. The van der Waals surface area contributed by atoms with Crippen LogP contribution in [0, 0.1) is 17.8 Å². The van der Waals surface area contributed by atoms with Crippen LogP contribution in [-0.2, 0) is 6.18 Å². The Labute approximate surface area is 210 Å². The molecule has 0 spiro atoms. The van der Waals surface area contributed by atoms with Crippen LogP contribution in [0.1, 0.15) is 107 Å². The summed E-state index contributed by atoms with van der Waals surface area (Å²) in [5.41, 5.74) is 0.448. The molecule has 35 heavy (non-hydrogen) atoms. The quantitative estimate of drug-likeness (QED) is 0.367. The van der Waals surface area contributed by atoms with Crippen LogP contribution in [-0.4, -0.2) is 29.1 Å². The highest BCUT2D eigenvalue weighted by Crippen LogP contribution is 2.43. The summed E-state index contributed by atoms with van der Waals surface area (Å²) in [4.78, 5) is 2.78. The molecule has 0 bridgehead atoms. The summed E-state index contributed by atoms with van der Waals surface area (Å²) in [5.74, 6) is 2.25. The summed E-state index contributed by atoms with van der Waals surface area (Å²) in [6, 6.07) is 6.31. The Bertz CT molecular complexity index is 773. The minimum atomic E-state index is -4.31. The number of allylic oxidation sites excluding steroid dienone is 1. The van der Waals surface area contributed by atoms with E-state index in [1.165, 1.54) is 76.3 Å². The normalized spacial score (nSPS) is 27.3. The molecule has 1 aromatic carbocycles. The van der Waals surface area contributed by atoms with Gasteiger partial charge in [-0.15, -0.1) is 0 Å². The van der Waals surface area contributed by atoms with E-state index in [0.29, 0.717) is 18.4 Å². The molecule has 3 aliphatic rings. The monoisotopic (exact) mass is 491 g/mol. The highest BCUT2D eigenvalue weighted by molar-refractivity contribution is 5.29. The summed E-state index contributed by atoms with van der Waals surface area (Å²) in [6.45, 7) is 5.98. The maximum Gasteiger partial charge on any atom is 0.416 e. The van der Waals surface area contributed by atoms with Crippen LogP contribution < -0.4 is 0 Å². The molecule has 4 rings (SSSR count). The van der Waals surface area contributed by atoms with E-state index < -0.39 is 11.7 Å². The number of benzene rings is 1. The molecule has 1 aromatic rings. The van der Waals surface area contributed by atoms with Crippen molar-refractivity contribution < 1.29 is 18.3 Å². The minimum Gasteiger partial charge on any atom is -0.513 e. The van der Waals surface area contributed by atoms with E-state index in [1.807, 2.05) is 0 Å². The molecule has 3 saturated carbocycles. The number of alkyl halides is 3. The smallest absolute Gasteiger partial charge is 0.416 e. The lowest BCUT2D eigenvalue weighted by Gasteiger charge is -2.46. The standard InChI is InChI=1S/C30H44F3NO/c1-22(35)18-25-12-17-29(28(19-25)26-13-15-27(16-14-26)30(31,32)33)34(20-23-8-4-2-5-9-23)21-24-10-6-3-7-11-24/h13-16,23-25,28-29,35H,1-12,17-21H2. The third kappa shape index (κ3) is 7.50. The topological polar surface area (TPSA) is 23.5 Å². The van der Waals surface area contributed by atoms with E-state index in [0.717, 1.165) is 49.8 Å². The molecular formula is C30H44F3NO. The summed E-state index contributed by atoms with van der Waals surface area (Å²) in [7, 11) is 0. The number of halogens is 3. The molecular weight excluding hydrogens is 447 g/mol. The van der Waals surface area contributed by atoms with Gasteiger partial charge in [-0.25, -0.2) is 0 Å². The number of aliphatic hydroxyl groups is 1. The number of rotatable bonds is 8. The Kier molecular flexibility index (Phi) is 9.24. The van der Waals surface area contributed by atoms with E-state index in [2.05, 4.69) is 11.5 Å². The Balaban J connectivity index is 1.58. The number of hydrogen-bond donors (Lipinski definition) is 1. The fourth-order valence-electron chi connectivity index (χ4n) is 7.22. The van der Waals surface area contributed by atoms with Crippen LogP contribution >= 0.6 is 0 Å². The van der Waals surface area contributed by atoms with Crippen molar-refractivity contribution in [2.24, 2.45) is 17.8 Å². The van der Waals surface area contributed by atoms with Crippen LogP contribution in [0.3, 0.4) is 0 Å². The molecule has 3 fully saturated rings. The molecule has 0 heterocycles. The van der Waals surface area contributed by atoms with Crippen LogP contribution in [0.25, 0.3) is 0 Å². The van der Waals surface area contributed by atoms with Gasteiger partial charge in [0.1, 0.15) is 0 Å². The Morgan fingerprint density at radius 2 is 1.34 bits per heavy atom. The van der Waals surface area contributed by atoms with Crippen molar-refractivity contribution in [3.8, 4) is 0 Å². The minimum absolute atomic E-state index is 0.197. The van der Waals surface area contributed by atoms with Crippen LogP contribution in [0.4, 0.5) is 13.2 Å². The SMILES string of the molecule is C=C(O)CC1CCC(N(CC2CCCCC2)CC2CCCCC2)C(c2ccc(C(F)(F)F)cc2)C1. The van der Waals surface area contributed by atoms with Gasteiger partial charge in [0.15, 0.2) is 0 Å². The summed E-state index contributed by atoms with van der Waals surface area (Å²) < 4.78 is 39.7. The first kappa shape index (κ1) is 26.6. The zero-order chi connectivity index (χ0) is 24.8. The molecule has 0 aliphatic heterocycles. The van der Waals surface area contributed by atoms with Crippen molar-refractivity contribution in [2.75, 3.05) is 13.1 Å². The van der Waals surface area contributed by atoms with Crippen molar-refractivity contribution in [3.63, 3.8) is 0 Å². The van der Waals surface area contributed by atoms with Gasteiger partial charge in [0.2, 0.25) is 0 Å². The highest BCUT2D eigenvalue weighted by atomic mass is 19.4. The van der Waals surface area contributed by atoms with Crippen molar-refractivity contribution in [1.29, 1.82) is 0 Å². The van der Waals surface area contributed by atoms with Gasteiger partial charge in [0.25, 0.3) is 0 Å². The van der Waals surface area contributed by atoms with Crippen molar-refractivity contribution >= 4 is 0 Å². The molecule has 0 saturated heterocycles. The largest absolute Gasteiger partial charge is 0.513 e. The molecule has 3 unspecified atom stereocenters.